The van der Waals surface area contributed by atoms with Gasteiger partial charge in [-0.05, 0) is 74.8 Å². The molecule has 4 rings (SSSR count). The number of hydrogen-bond donors (Lipinski definition) is 6. The van der Waals surface area contributed by atoms with Gasteiger partial charge in [0.1, 0.15) is 11.9 Å². The van der Waals surface area contributed by atoms with Gasteiger partial charge in [-0.2, -0.15) is 0 Å². The number of aliphatic hydroxyl groups excluding tert-OH is 2. The van der Waals surface area contributed by atoms with Gasteiger partial charge in [0.05, 0.1) is 23.4 Å². The van der Waals surface area contributed by atoms with E-state index in [0.29, 0.717) is 17.7 Å². The number of hydrogen-bond acceptors (Lipinski definition) is 8. The number of carboxylic acids is 1. The van der Waals surface area contributed by atoms with E-state index in [2.05, 4.69) is 26.0 Å². The Labute approximate surface area is 313 Å². The number of nitrogen functional groups attached to an aromatic ring is 1. The molecule has 0 spiro atoms. The average Bonchev–Trinajstić information content (AvgIpc) is 3.28. The first-order chi connectivity index (χ1) is 24.9. The average molecular weight is 726 g/mol. The summed E-state index contributed by atoms with van der Waals surface area (Å²) in [5.74, 6) is -2.75. The summed E-state index contributed by atoms with van der Waals surface area (Å²) < 4.78 is 6.44. The Morgan fingerprint density at radius 3 is 2.32 bits per heavy atom. The fourth-order valence-corrected chi connectivity index (χ4v) is 8.23. The van der Waals surface area contributed by atoms with Crippen molar-refractivity contribution >= 4 is 17.6 Å². The standard InChI is InChI=1S/C44H55NO8/c1-27(18-24-38(49)50)17-23-37(48)29(3)36(47)16-10-8-7-9-13-32-28(2)25-34-40(43(4,5)26-44(34,6)52)39(32)41(30-19-21-31(46)22-20-30)53-42(51)33-14-11-12-15-35(33)45/h7-22,24-25,29,32,34,36-37,39-41,46-48,52H,23,26,45H2,1-6H3,(H,49,50)/b8-7+,13-9-,16-10-,24-18+,27-17+/t29-,32-,34+,36+,37+,39-,40-,41-,44+/m0/s1. The van der Waals surface area contributed by atoms with E-state index < -0.39 is 41.8 Å². The lowest BCUT2D eigenvalue weighted by molar-refractivity contribution is -0.131. The molecule has 0 amide bonds. The number of aromatic hydroxyl groups is 1. The van der Waals surface area contributed by atoms with Crippen LogP contribution in [0.4, 0.5) is 5.69 Å². The fraction of sp³-hybridized carbons (Fsp3) is 0.409. The number of anilines is 1. The number of ether oxygens (including phenoxy) is 1. The molecule has 2 aliphatic carbocycles. The Morgan fingerprint density at radius 2 is 1.66 bits per heavy atom. The number of aliphatic hydroxyl groups is 3. The third-order valence-corrected chi connectivity index (χ3v) is 10.9. The number of allylic oxidation sites excluding steroid dienone is 8. The van der Waals surface area contributed by atoms with Crippen molar-refractivity contribution in [3.05, 3.63) is 132 Å². The van der Waals surface area contributed by atoms with Gasteiger partial charge in [0, 0.05) is 35.4 Å². The molecule has 0 aliphatic heterocycles. The number of rotatable bonds is 14. The smallest absolute Gasteiger partial charge is 0.340 e. The second-order valence-electron chi connectivity index (χ2n) is 15.5. The molecule has 0 heterocycles. The predicted molar refractivity (Wildman–Crippen MR) is 208 cm³/mol. The Morgan fingerprint density at radius 1 is 1.00 bits per heavy atom. The minimum atomic E-state index is -1.05. The minimum Gasteiger partial charge on any atom is -0.508 e. The summed E-state index contributed by atoms with van der Waals surface area (Å²) in [5, 5.41) is 51.9. The lowest BCUT2D eigenvalue weighted by Crippen LogP contribution is -2.44. The van der Waals surface area contributed by atoms with E-state index in [4.69, 9.17) is 15.6 Å². The maximum Gasteiger partial charge on any atom is 0.340 e. The molecular weight excluding hydrogens is 670 g/mol. The van der Waals surface area contributed by atoms with Crippen LogP contribution in [-0.4, -0.2) is 55.3 Å². The molecular formula is C44H55NO8. The van der Waals surface area contributed by atoms with Crippen molar-refractivity contribution in [2.24, 2.45) is 35.0 Å². The molecule has 9 atom stereocenters. The second-order valence-corrected chi connectivity index (χ2v) is 15.5. The summed E-state index contributed by atoms with van der Waals surface area (Å²) >= 11 is 0. The number of para-hydroxylation sites is 1. The summed E-state index contributed by atoms with van der Waals surface area (Å²) in [5.41, 5.74) is 7.93. The van der Waals surface area contributed by atoms with Gasteiger partial charge in [-0.3, -0.25) is 0 Å². The monoisotopic (exact) mass is 725 g/mol. The summed E-state index contributed by atoms with van der Waals surface area (Å²) in [6, 6.07) is 13.5. The highest BCUT2D eigenvalue weighted by atomic mass is 16.5. The van der Waals surface area contributed by atoms with Crippen LogP contribution in [0, 0.1) is 35.0 Å². The fourth-order valence-electron chi connectivity index (χ4n) is 8.23. The number of nitrogens with two attached hydrogens (primary N) is 1. The van der Waals surface area contributed by atoms with Crippen LogP contribution < -0.4 is 5.73 Å². The number of carbonyl (C=O) groups excluding carboxylic acids is 1. The molecule has 9 heteroatoms. The van der Waals surface area contributed by atoms with E-state index in [0.717, 1.165) is 17.2 Å². The van der Waals surface area contributed by atoms with Crippen molar-refractivity contribution in [2.75, 3.05) is 5.73 Å². The first-order valence-corrected chi connectivity index (χ1v) is 18.1. The number of benzene rings is 2. The lowest BCUT2D eigenvalue weighted by Gasteiger charge is -2.47. The molecule has 1 fully saturated rings. The lowest BCUT2D eigenvalue weighted by atomic mass is 9.59. The van der Waals surface area contributed by atoms with Crippen LogP contribution in [0.25, 0.3) is 0 Å². The molecule has 0 radical (unpaired) electrons. The van der Waals surface area contributed by atoms with Crippen LogP contribution in [-0.2, 0) is 9.53 Å². The Bertz CT molecular complexity index is 1780. The molecule has 2 aromatic rings. The zero-order chi connectivity index (χ0) is 39.1. The van der Waals surface area contributed by atoms with Crippen LogP contribution in [0.15, 0.2) is 120 Å². The molecule has 0 bridgehead atoms. The second kappa shape index (κ2) is 17.4. The van der Waals surface area contributed by atoms with Crippen LogP contribution in [0.1, 0.15) is 76.4 Å². The van der Waals surface area contributed by atoms with Crippen LogP contribution in [0.2, 0.25) is 0 Å². The molecule has 2 aliphatic rings. The highest BCUT2D eigenvalue weighted by Crippen LogP contribution is 2.62. The first kappa shape index (κ1) is 41.1. The van der Waals surface area contributed by atoms with E-state index in [1.807, 2.05) is 26.0 Å². The third kappa shape index (κ3) is 10.3. The maximum absolute atomic E-state index is 13.8. The van der Waals surface area contributed by atoms with Crippen LogP contribution in [0.5, 0.6) is 5.75 Å². The van der Waals surface area contributed by atoms with Gasteiger partial charge in [0.2, 0.25) is 0 Å². The van der Waals surface area contributed by atoms with Gasteiger partial charge in [0.15, 0.2) is 0 Å². The Kier molecular flexibility index (Phi) is 13.5. The molecule has 0 aromatic heterocycles. The summed E-state index contributed by atoms with van der Waals surface area (Å²) in [4.78, 5) is 24.5. The number of carbonyl (C=O) groups is 2. The van der Waals surface area contributed by atoms with Crippen molar-refractivity contribution in [3.8, 4) is 5.75 Å². The third-order valence-electron chi connectivity index (χ3n) is 10.9. The van der Waals surface area contributed by atoms with Crippen molar-refractivity contribution in [1.82, 2.24) is 0 Å². The normalized spacial score (nSPS) is 26.8. The number of phenols is 1. The number of esters is 1. The Balaban J connectivity index is 1.62. The van der Waals surface area contributed by atoms with Crippen LogP contribution in [0.3, 0.4) is 0 Å². The van der Waals surface area contributed by atoms with Crippen molar-refractivity contribution < 1.29 is 39.9 Å². The number of aliphatic carboxylic acids is 1. The predicted octanol–water partition coefficient (Wildman–Crippen LogP) is 7.48. The van der Waals surface area contributed by atoms with Gasteiger partial charge in [-0.15, -0.1) is 0 Å². The minimum absolute atomic E-state index is 0.0886. The quantitative estimate of drug-likeness (QED) is 0.0380. The molecule has 7 N–H and O–H groups in total. The number of carboxylic acid groups (broad SMARTS) is 1. The van der Waals surface area contributed by atoms with Gasteiger partial charge in [-0.25, -0.2) is 9.59 Å². The van der Waals surface area contributed by atoms with E-state index in [1.165, 1.54) is 6.08 Å². The molecule has 0 unspecified atom stereocenters. The van der Waals surface area contributed by atoms with E-state index >= 15 is 0 Å². The zero-order valence-electron chi connectivity index (χ0n) is 31.5. The molecule has 284 valence electrons. The van der Waals surface area contributed by atoms with Gasteiger partial charge >= 0.3 is 11.9 Å². The van der Waals surface area contributed by atoms with Crippen LogP contribution >= 0.6 is 0 Å². The zero-order valence-corrected chi connectivity index (χ0v) is 31.5. The highest BCUT2D eigenvalue weighted by molar-refractivity contribution is 5.95. The molecule has 53 heavy (non-hydrogen) atoms. The molecule has 2 aromatic carbocycles. The van der Waals surface area contributed by atoms with E-state index in [9.17, 15) is 30.0 Å². The van der Waals surface area contributed by atoms with E-state index in [-0.39, 0.29) is 46.8 Å². The van der Waals surface area contributed by atoms with Crippen molar-refractivity contribution in [3.63, 3.8) is 0 Å². The summed E-state index contributed by atoms with van der Waals surface area (Å²) in [6.07, 6.45) is 15.7. The largest absolute Gasteiger partial charge is 0.508 e. The summed E-state index contributed by atoms with van der Waals surface area (Å²) in [7, 11) is 0. The van der Waals surface area contributed by atoms with Crippen molar-refractivity contribution in [1.29, 1.82) is 0 Å². The SMILES string of the molecule is CC1=C[C@@H]2[C@@H]([C@@H]([C@@H](OC(=O)c3ccccc3N)c3ccc(O)cc3)[C@H]1\C=C/C=C/C=C\[C@@H](O)[C@H](C)[C@H](O)C/C=C(C)/C=C/C(=O)O)C(C)(C)C[C@@]2(C)O. The highest BCUT2D eigenvalue weighted by Gasteiger charge is 2.60. The number of phenolic OH excluding ortho intramolecular Hbond substituents is 1. The van der Waals surface area contributed by atoms with Gasteiger partial charge in [-0.1, -0.05) is 111 Å². The Hall–Kier alpha value is -4.70. The van der Waals surface area contributed by atoms with Crippen molar-refractivity contribution in [2.45, 2.75) is 78.3 Å². The first-order valence-electron chi connectivity index (χ1n) is 18.1. The molecule has 9 nitrogen and oxygen atoms in total. The maximum atomic E-state index is 13.8. The number of fused-ring (bicyclic) bond motifs is 1. The van der Waals surface area contributed by atoms with E-state index in [1.54, 1.807) is 86.7 Å². The summed E-state index contributed by atoms with van der Waals surface area (Å²) in [6.45, 7) is 11.7. The van der Waals surface area contributed by atoms with Gasteiger partial charge in [0.25, 0.3) is 0 Å². The topological polar surface area (TPSA) is 171 Å². The molecule has 1 saturated carbocycles. The van der Waals surface area contributed by atoms with Gasteiger partial charge < -0.3 is 36.0 Å². The molecule has 0 saturated heterocycles.